The van der Waals surface area contributed by atoms with Crippen molar-refractivity contribution in [2.24, 2.45) is 0 Å². The molecular formula is C27H37BrN2O4. The quantitative estimate of drug-likeness (QED) is 0.414. The number of carbonyl (C=O) groups excluding carboxylic acids is 2. The Kier molecular flexibility index (Phi) is 10.4. The standard InChI is InChI=1S/C27H37BrN2O4/c1-7-33-23-15-11-20(17-24(23)34-8-2)12-16-25(31)30(18-21-9-13-22(28)14-10-21)19(3)26(32)29-27(4,5)6/h9-11,13-15,17,19H,7-8,12,16,18H2,1-6H3,(H,29,32)/t19-/m0/s1. The summed E-state index contributed by atoms with van der Waals surface area (Å²) in [5, 5.41) is 2.99. The van der Waals surface area contributed by atoms with Crippen molar-refractivity contribution in [3.8, 4) is 11.5 Å². The van der Waals surface area contributed by atoms with Crippen LogP contribution in [0.5, 0.6) is 11.5 Å². The van der Waals surface area contributed by atoms with Crippen molar-refractivity contribution in [3.05, 3.63) is 58.1 Å². The first kappa shape index (κ1) is 27.7. The van der Waals surface area contributed by atoms with Gasteiger partial charge in [-0.15, -0.1) is 0 Å². The predicted octanol–water partition coefficient (Wildman–Crippen LogP) is 5.51. The number of amides is 2. The summed E-state index contributed by atoms with van der Waals surface area (Å²) in [7, 11) is 0. The second kappa shape index (κ2) is 12.8. The molecule has 0 radical (unpaired) electrons. The van der Waals surface area contributed by atoms with Gasteiger partial charge in [0, 0.05) is 23.0 Å². The molecule has 2 amide bonds. The molecule has 1 atom stereocenters. The summed E-state index contributed by atoms with van der Waals surface area (Å²) in [6.45, 7) is 12.9. The van der Waals surface area contributed by atoms with Crippen molar-refractivity contribution in [1.29, 1.82) is 0 Å². The van der Waals surface area contributed by atoms with Crippen LogP contribution in [0.15, 0.2) is 46.9 Å². The van der Waals surface area contributed by atoms with Crippen molar-refractivity contribution >= 4 is 27.7 Å². The second-order valence-electron chi connectivity index (χ2n) is 9.21. The van der Waals surface area contributed by atoms with Gasteiger partial charge in [-0.1, -0.05) is 34.1 Å². The number of nitrogens with one attached hydrogen (secondary N) is 1. The fraction of sp³-hybridized carbons (Fsp3) is 0.481. The first-order chi connectivity index (χ1) is 16.0. The maximum Gasteiger partial charge on any atom is 0.242 e. The van der Waals surface area contributed by atoms with Gasteiger partial charge in [-0.05, 0) is 83.4 Å². The maximum atomic E-state index is 13.4. The summed E-state index contributed by atoms with van der Waals surface area (Å²) >= 11 is 3.44. The fourth-order valence-electron chi connectivity index (χ4n) is 3.49. The van der Waals surface area contributed by atoms with Crippen LogP contribution in [0.3, 0.4) is 0 Å². The van der Waals surface area contributed by atoms with E-state index in [1.807, 2.05) is 77.1 Å². The van der Waals surface area contributed by atoms with E-state index in [1.165, 1.54) is 0 Å². The summed E-state index contributed by atoms with van der Waals surface area (Å²) in [4.78, 5) is 27.9. The summed E-state index contributed by atoms with van der Waals surface area (Å²) in [6.07, 6.45) is 0.818. The Hall–Kier alpha value is -2.54. The summed E-state index contributed by atoms with van der Waals surface area (Å²) < 4.78 is 12.3. The number of rotatable bonds is 11. The first-order valence-corrected chi connectivity index (χ1v) is 12.6. The third-order valence-corrected chi connectivity index (χ3v) is 5.70. The molecule has 2 aromatic carbocycles. The van der Waals surface area contributed by atoms with Gasteiger partial charge in [0.2, 0.25) is 11.8 Å². The number of hydrogen-bond donors (Lipinski definition) is 1. The lowest BCUT2D eigenvalue weighted by atomic mass is 10.1. The molecule has 0 bridgehead atoms. The molecule has 0 saturated carbocycles. The molecule has 186 valence electrons. The SMILES string of the molecule is CCOc1ccc(CCC(=O)N(Cc2ccc(Br)cc2)[C@@H](C)C(=O)NC(C)(C)C)cc1OCC. The molecule has 0 aliphatic carbocycles. The Morgan fingerprint density at radius 3 is 2.15 bits per heavy atom. The molecule has 0 aliphatic rings. The van der Waals surface area contributed by atoms with E-state index < -0.39 is 6.04 Å². The van der Waals surface area contributed by atoms with Gasteiger partial charge in [0.15, 0.2) is 11.5 Å². The Bertz CT molecular complexity index is 954. The summed E-state index contributed by atoms with van der Waals surface area (Å²) in [5.41, 5.74) is 1.57. The minimum Gasteiger partial charge on any atom is -0.490 e. The first-order valence-electron chi connectivity index (χ1n) is 11.8. The lowest BCUT2D eigenvalue weighted by molar-refractivity contribution is -0.141. The maximum absolute atomic E-state index is 13.4. The molecule has 0 fully saturated rings. The lowest BCUT2D eigenvalue weighted by Gasteiger charge is -2.31. The van der Waals surface area contributed by atoms with E-state index in [9.17, 15) is 9.59 Å². The smallest absolute Gasteiger partial charge is 0.242 e. The number of carbonyl (C=O) groups is 2. The number of benzene rings is 2. The van der Waals surface area contributed by atoms with E-state index in [0.29, 0.717) is 37.7 Å². The van der Waals surface area contributed by atoms with Crippen LogP contribution in [0.1, 0.15) is 59.1 Å². The molecule has 34 heavy (non-hydrogen) atoms. The Labute approximate surface area is 212 Å². The molecule has 0 saturated heterocycles. The molecule has 1 N–H and O–H groups in total. The third-order valence-electron chi connectivity index (χ3n) is 5.17. The van der Waals surface area contributed by atoms with Crippen LogP contribution >= 0.6 is 15.9 Å². The van der Waals surface area contributed by atoms with Crippen LogP contribution < -0.4 is 14.8 Å². The van der Waals surface area contributed by atoms with Crippen LogP contribution in [-0.4, -0.2) is 41.5 Å². The number of hydrogen-bond acceptors (Lipinski definition) is 4. The molecule has 0 spiro atoms. The summed E-state index contributed by atoms with van der Waals surface area (Å²) in [5.74, 6) is 1.13. The molecular weight excluding hydrogens is 496 g/mol. The zero-order chi connectivity index (χ0) is 25.3. The summed E-state index contributed by atoms with van der Waals surface area (Å²) in [6, 6.07) is 13.0. The van der Waals surface area contributed by atoms with Crippen LogP contribution in [0, 0.1) is 0 Å². The normalized spacial score (nSPS) is 12.1. The number of halogens is 1. The number of ether oxygens (including phenoxy) is 2. The van der Waals surface area contributed by atoms with Gasteiger partial charge < -0.3 is 19.7 Å². The molecule has 2 rings (SSSR count). The van der Waals surface area contributed by atoms with Crippen LogP contribution in [-0.2, 0) is 22.6 Å². The molecule has 6 nitrogen and oxygen atoms in total. The van der Waals surface area contributed by atoms with Crippen LogP contribution in [0.25, 0.3) is 0 Å². The van der Waals surface area contributed by atoms with Gasteiger partial charge in [0.1, 0.15) is 6.04 Å². The fourth-order valence-corrected chi connectivity index (χ4v) is 3.75. The van der Waals surface area contributed by atoms with Crippen LogP contribution in [0.2, 0.25) is 0 Å². The third kappa shape index (κ3) is 8.67. The minimum absolute atomic E-state index is 0.0775. The van der Waals surface area contributed by atoms with E-state index in [1.54, 1.807) is 11.8 Å². The highest BCUT2D eigenvalue weighted by Gasteiger charge is 2.28. The van der Waals surface area contributed by atoms with Crippen LogP contribution in [0.4, 0.5) is 0 Å². The molecule has 0 heterocycles. The molecule has 7 heteroatoms. The second-order valence-corrected chi connectivity index (χ2v) is 10.1. The Morgan fingerprint density at radius 1 is 0.971 bits per heavy atom. The van der Waals surface area contributed by atoms with Crippen molar-refractivity contribution in [2.75, 3.05) is 13.2 Å². The highest BCUT2D eigenvalue weighted by Crippen LogP contribution is 2.29. The zero-order valence-corrected chi connectivity index (χ0v) is 22.7. The topological polar surface area (TPSA) is 67.9 Å². The largest absolute Gasteiger partial charge is 0.490 e. The van der Waals surface area contributed by atoms with E-state index in [0.717, 1.165) is 15.6 Å². The molecule has 0 aliphatic heterocycles. The van der Waals surface area contributed by atoms with Crippen molar-refractivity contribution in [3.63, 3.8) is 0 Å². The van der Waals surface area contributed by atoms with Gasteiger partial charge in [-0.25, -0.2) is 0 Å². The highest BCUT2D eigenvalue weighted by molar-refractivity contribution is 9.10. The Morgan fingerprint density at radius 2 is 1.56 bits per heavy atom. The van der Waals surface area contributed by atoms with E-state index in [4.69, 9.17) is 9.47 Å². The highest BCUT2D eigenvalue weighted by atomic mass is 79.9. The lowest BCUT2D eigenvalue weighted by Crippen LogP contribution is -2.52. The van der Waals surface area contributed by atoms with Gasteiger partial charge >= 0.3 is 0 Å². The van der Waals surface area contributed by atoms with Crippen molar-refractivity contribution in [1.82, 2.24) is 10.2 Å². The van der Waals surface area contributed by atoms with Gasteiger partial charge in [0.25, 0.3) is 0 Å². The predicted molar refractivity (Wildman–Crippen MR) is 139 cm³/mol. The van der Waals surface area contributed by atoms with E-state index >= 15 is 0 Å². The van der Waals surface area contributed by atoms with E-state index in [2.05, 4.69) is 21.2 Å². The minimum atomic E-state index is -0.602. The van der Waals surface area contributed by atoms with Gasteiger partial charge in [0.05, 0.1) is 13.2 Å². The molecule has 0 unspecified atom stereocenters. The van der Waals surface area contributed by atoms with Crippen molar-refractivity contribution < 1.29 is 19.1 Å². The monoisotopic (exact) mass is 532 g/mol. The average Bonchev–Trinajstić information content (AvgIpc) is 2.77. The molecule has 2 aromatic rings. The zero-order valence-electron chi connectivity index (χ0n) is 21.1. The van der Waals surface area contributed by atoms with E-state index in [-0.39, 0.29) is 23.8 Å². The average molecular weight is 534 g/mol. The molecule has 0 aromatic heterocycles. The number of nitrogens with zero attached hydrogens (tertiary/aromatic N) is 1. The Balaban J connectivity index is 2.19. The van der Waals surface area contributed by atoms with Gasteiger partial charge in [-0.2, -0.15) is 0 Å². The van der Waals surface area contributed by atoms with Gasteiger partial charge in [-0.3, -0.25) is 9.59 Å². The number of aryl methyl sites for hydroxylation is 1. The van der Waals surface area contributed by atoms with Crippen molar-refractivity contribution in [2.45, 2.75) is 72.5 Å².